The summed E-state index contributed by atoms with van der Waals surface area (Å²) in [5.41, 5.74) is 6.15. The molecule has 0 saturated carbocycles. The van der Waals surface area contributed by atoms with Crippen molar-refractivity contribution in [3.05, 3.63) is 59.7 Å². The summed E-state index contributed by atoms with van der Waals surface area (Å²) < 4.78 is 0. The van der Waals surface area contributed by atoms with Gasteiger partial charge in [-0.1, -0.05) is 42.5 Å². The summed E-state index contributed by atoms with van der Waals surface area (Å²) in [7, 11) is 8.25. The van der Waals surface area contributed by atoms with E-state index >= 15 is 0 Å². The Labute approximate surface area is 203 Å². The summed E-state index contributed by atoms with van der Waals surface area (Å²) in [5, 5.41) is 2.17. The van der Waals surface area contributed by atoms with Crippen molar-refractivity contribution in [2.24, 2.45) is 0 Å². The third-order valence-electron chi connectivity index (χ3n) is 6.78. The van der Waals surface area contributed by atoms with Crippen LogP contribution in [0.5, 0.6) is 0 Å². The Kier molecular flexibility index (Phi) is 7.60. The number of unbranched alkanes of at least 4 members (excludes halogenated alkanes) is 2. The molecule has 4 nitrogen and oxygen atoms in total. The fraction of sp³-hybridized carbons (Fsp3) is 0.400. The molecule has 0 saturated heterocycles. The van der Waals surface area contributed by atoms with Gasteiger partial charge in [-0.25, -0.2) is 0 Å². The van der Waals surface area contributed by atoms with Crippen LogP contribution in [0.1, 0.15) is 59.2 Å². The first-order valence-corrected chi connectivity index (χ1v) is 12.4. The van der Waals surface area contributed by atoms with Crippen LogP contribution in [0.3, 0.4) is 0 Å². The van der Waals surface area contributed by atoms with Crippen LogP contribution in [0.25, 0.3) is 33.0 Å². The second kappa shape index (κ2) is 10.6. The molecule has 3 aromatic carbocycles. The first-order chi connectivity index (χ1) is 16.4. The number of nitrogens with zero attached hydrogens (tertiary/aromatic N) is 2. The van der Waals surface area contributed by atoms with Crippen LogP contribution in [0.2, 0.25) is 0 Å². The lowest BCUT2D eigenvalue weighted by atomic mass is 9.94. The quantitative estimate of drug-likeness (QED) is 0.185. The van der Waals surface area contributed by atoms with E-state index in [1.165, 1.54) is 0 Å². The van der Waals surface area contributed by atoms with Gasteiger partial charge in [-0.2, -0.15) is 0 Å². The first-order valence-electron chi connectivity index (χ1n) is 12.4. The lowest BCUT2D eigenvalue weighted by molar-refractivity contribution is 0.0971. The maximum absolute atomic E-state index is 13.1. The van der Waals surface area contributed by atoms with E-state index in [1.54, 1.807) is 0 Å². The van der Waals surface area contributed by atoms with Crippen molar-refractivity contribution in [3.63, 3.8) is 0 Å². The summed E-state index contributed by atoms with van der Waals surface area (Å²) in [5.74, 6) is 0.422. The zero-order valence-electron chi connectivity index (χ0n) is 21.0. The number of carbonyl (C=O) groups excluding carboxylic acids is 2. The molecule has 0 heterocycles. The maximum atomic E-state index is 13.1. The summed E-state index contributed by atoms with van der Waals surface area (Å²) >= 11 is 0. The molecular weight excluding hydrogens is 420 g/mol. The average molecular weight is 457 g/mol. The van der Waals surface area contributed by atoms with E-state index in [9.17, 15) is 9.59 Å². The Morgan fingerprint density at radius 2 is 1.26 bits per heavy atom. The second-order valence-corrected chi connectivity index (χ2v) is 10.0. The molecule has 0 aliphatic heterocycles. The lowest BCUT2D eigenvalue weighted by Gasteiger charge is -2.10. The van der Waals surface area contributed by atoms with E-state index in [0.717, 1.165) is 82.9 Å². The molecule has 0 amide bonds. The molecule has 0 spiro atoms. The smallest absolute Gasteiger partial charge is 0.163 e. The highest BCUT2D eigenvalue weighted by Crippen LogP contribution is 2.48. The van der Waals surface area contributed by atoms with Crippen molar-refractivity contribution in [1.82, 2.24) is 9.80 Å². The van der Waals surface area contributed by atoms with Gasteiger partial charge in [-0.15, -0.1) is 0 Å². The van der Waals surface area contributed by atoms with Crippen molar-refractivity contribution < 1.29 is 9.59 Å². The monoisotopic (exact) mass is 456 g/mol. The predicted octanol–water partition coefficient (Wildman–Crippen LogP) is 6.32. The molecule has 0 aromatic heterocycles. The summed E-state index contributed by atoms with van der Waals surface area (Å²) in [6, 6.07) is 16.4. The molecule has 0 fully saturated rings. The van der Waals surface area contributed by atoms with Gasteiger partial charge in [0.05, 0.1) is 0 Å². The molecule has 0 atom stereocenters. The molecule has 0 unspecified atom stereocenters. The number of benzene rings is 3. The lowest BCUT2D eigenvalue weighted by Crippen LogP contribution is -2.13. The highest BCUT2D eigenvalue weighted by molar-refractivity contribution is 6.21. The van der Waals surface area contributed by atoms with E-state index in [4.69, 9.17) is 0 Å². The molecule has 34 heavy (non-hydrogen) atoms. The Morgan fingerprint density at radius 3 is 1.94 bits per heavy atom. The summed E-state index contributed by atoms with van der Waals surface area (Å²) in [4.78, 5) is 30.2. The van der Waals surface area contributed by atoms with Gasteiger partial charge in [-0.05, 0) is 106 Å². The Morgan fingerprint density at radius 1 is 0.647 bits per heavy atom. The highest BCUT2D eigenvalue weighted by atomic mass is 16.1. The third kappa shape index (κ3) is 5.13. The van der Waals surface area contributed by atoms with Gasteiger partial charge in [0.1, 0.15) is 0 Å². The summed E-state index contributed by atoms with van der Waals surface area (Å²) in [6.45, 7) is 2.01. The zero-order chi connectivity index (χ0) is 24.2. The van der Waals surface area contributed by atoms with Crippen molar-refractivity contribution in [1.29, 1.82) is 0 Å². The first kappa shape index (κ1) is 24.3. The van der Waals surface area contributed by atoms with Crippen LogP contribution in [-0.2, 0) is 0 Å². The van der Waals surface area contributed by atoms with Crippen molar-refractivity contribution in [3.8, 4) is 22.3 Å². The van der Waals surface area contributed by atoms with E-state index in [1.807, 2.05) is 18.2 Å². The zero-order valence-corrected chi connectivity index (χ0v) is 21.0. The van der Waals surface area contributed by atoms with Crippen LogP contribution in [0.4, 0.5) is 0 Å². The number of carbonyl (C=O) groups is 2. The predicted molar refractivity (Wildman–Crippen MR) is 142 cm³/mol. The van der Waals surface area contributed by atoms with E-state index in [2.05, 4.69) is 68.3 Å². The number of rotatable bonds is 12. The van der Waals surface area contributed by atoms with Crippen molar-refractivity contribution in [2.45, 2.75) is 38.5 Å². The fourth-order valence-electron chi connectivity index (χ4n) is 4.98. The van der Waals surface area contributed by atoms with Crippen LogP contribution in [0.15, 0.2) is 48.5 Å². The minimum atomic E-state index is 0.207. The Balaban J connectivity index is 1.57. The Bertz CT molecular complexity index is 1210. The van der Waals surface area contributed by atoms with E-state index < -0.39 is 0 Å². The topological polar surface area (TPSA) is 40.6 Å². The van der Waals surface area contributed by atoms with Crippen LogP contribution < -0.4 is 0 Å². The second-order valence-electron chi connectivity index (χ2n) is 10.0. The Hall–Kier alpha value is -2.82. The number of Topliss-reactive ketones (excluding diaryl/α,β-unsaturated/α-hetero) is 2. The van der Waals surface area contributed by atoms with Gasteiger partial charge < -0.3 is 9.80 Å². The number of fused-ring (bicyclic) bond motifs is 3. The number of ketones is 2. The highest BCUT2D eigenvalue weighted by Gasteiger charge is 2.24. The average Bonchev–Trinajstić information content (AvgIpc) is 3.14. The minimum absolute atomic E-state index is 0.207. The molecule has 178 valence electrons. The number of hydrogen-bond donors (Lipinski definition) is 0. The van der Waals surface area contributed by atoms with E-state index in [0.29, 0.717) is 12.8 Å². The van der Waals surface area contributed by atoms with Gasteiger partial charge in [-0.3, -0.25) is 9.59 Å². The van der Waals surface area contributed by atoms with Gasteiger partial charge in [0.2, 0.25) is 0 Å². The fourth-order valence-corrected chi connectivity index (χ4v) is 4.98. The molecule has 0 bridgehead atoms. The van der Waals surface area contributed by atoms with Crippen LogP contribution in [0, 0.1) is 0 Å². The van der Waals surface area contributed by atoms with Crippen LogP contribution in [-0.4, -0.2) is 62.6 Å². The molecule has 0 radical (unpaired) electrons. The van der Waals surface area contributed by atoms with Crippen LogP contribution >= 0.6 is 0 Å². The number of hydrogen-bond acceptors (Lipinski definition) is 4. The SMILES string of the molecule is CN(C)CCCCC(=O)c1ccc2c(c1)-c1ccc(C(=O)CCCCN(C)C)c3cccc-2c13. The summed E-state index contributed by atoms with van der Waals surface area (Å²) in [6.07, 6.45) is 5.02. The maximum Gasteiger partial charge on any atom is 0.163 e. The van der Waals surface area contributed by atoms with E-state index in [-0.39, 0.29) is 11.6 Å². The standard InChI is InChI=1S/C30H36N2O2/c1-31(2)18-7-5-12-28(33)21-14-15-22-24-10-9-11-25-23(29(34)13-6-8-19-32(3)4)16-17-26(30(24)25)27(22)20-21/h9-11,14-17,20H,5-8,12-13,18-19H2,1-4H3. The molecule has 4 rings (SSSR count). The van der Waals surface area contributed by atoms with Gasteiger partial charge >= 0.3 is 0 Å². The van der Waals surface area contributed by atoms with Gasteiger partial charge in [0, 0.05) is 24.0 Å². The molecule has 1 aliphatic rings. The molecule has 4 heteroatoms. The molecule has 0 N–H and O–H groups in total. The third-order valence-corrected chi connectivity index (χ3v) is 6.78. The normalized spacial score (nSPS) is 12.1. The van der Waals surface area contributed by atoms with Gasteiger partial charge in [0.25, 0.3) is 0 Å². The van der Waals surface area contributed by atoms with Crippen molar-refractivity contribution >= 4 is 22.3 Å². The van der Waals surface area contributed by atoms with Gasteiger partial charge in [0.15, 0.2) is 11.6 Å². The largest absolute Gasteiger partial charge is 0.309 e. The minimum Gasteiger partial charge on any atom is -0.309 e. The molecule has 1 aliphatic carbocycles. The molecular formula is C30H36N2O2. The van der Waals surface area contributed by atoms with Crippen molar-refractivity contribution in [2.75, 3.05) is 41.3 Å². The molecule has 3 aromatic rings.